The Labute approximate surface area is 97.7 Å². The minimum Gasteiger partial charge on any atom is -0.478 e. The van der Waals surface area contributed by atoms with E-state index in [9.17, 15) is 4.79 Å². The Hall–Kier alpha value is -2.42. The van der Waals surface area contributed by atoms with Gasteiger partial charge in [-0.05, 0) is 23.6 Å². The van der Waals surface area contributed by atoms with Gasteiger partial charge in [-0.2, -0.15) is 0 Å². The van der Waals surface area contributed by atoms with E-state index in [4.69, 9.17) is 5.11 Å². The third-order valence-corrected chi connectivity index (χ3v) is 2.82. The second kappa shape index (κ2) is 3.56. The molecule has 1 aromatic rings. The van der Waals surface area contributed by atoms with Crippen molar-refractivity contribution < 1.29 is 9.90 Å². The molecule has 0 unspecified atom stereocenters. The first-order chi connectivity index (χ1) is 8.25. The van der Waals surface area contributed by atoms with E-state index in [1.807, 2.05) is 30.3 Å². The van der Waals surface area contributed by atoms with E-state index in [2.05, 4.69) is 4.98 Å². The van der Waals surface area contributed by atoms with E-state index in [0.29, 0.717) is 0 Å². The monoisotopic (exact) mass is 223 g/mol. The van der Waals surface area contributed by atoms with Gasteiger partial charge in [0.25, 0.3) is 0 Å². The van der Waals surface area contributed by atoms with Crippen LogP contribution in [0.25, 0.3) is 22.0 Å². The molecule has 3 heteroatoms. The number of hydrogen-bond donors (Lipinski definition) is 1. The van der Waals surface area contributed by atoms with Crippen molar-refractivity contribution in [3.8, 4) is 11.3 Å². The zero-order chi connectivity index (χ0) is 11.8. The summed E-state index contributed by atoms with van der Waals surface area (Å²) in [5.41, 5.74) is 1.95. The molecule has 0 saturated carbocycles. The number of hydrogen-bond acceptors (Lipinski definition) is 2. The number of nitrogens with zero attached hydrogens (tertiary/aromatic N) is 1. The van der Waals surface area contributed by atoms with Crippen LogP contribution in [0.4, 0.5) is 0 Å². The van der Waals surface area contributed by atoms with Crippen molar-refractivity contribution in [3.05, 3.63) is 54.2 Å². The van der Waals surface area contributed by atoms with Gasteiger partial charge in [0.1, 0.15) is 0 Å². The average Bonchev–Trinajstić information content (AvgIpc) is 2.53. The van der Waals surface area contributed by atoms with Crippen LogP contribution in [0.15, 0.2) is 48.7 Å². The SMILES string of the molecule is O=C(O)c1ccnc2c3ccccc3cc-2c1. The predicted octanol–water partition coefficient (Wildman–Crippen LogP) is 3.04. The third-order valence-electron chi connectivity index (χ3n) is 2.82. The Balaban J connectivity index is 2.37. The summed E-state index contributed by atoms with van der Waals surface area (Å²) in [6.45, 7) is 0. The second-order valence-electron chi connectivity index (χ2n) is 3.89. The van der Waals surface area contributed by atoms with Gasteiger partial charge < -0.3 is 5.11 Å². The van der Waals surface area contributed by atoms with Crippen LogP contribution in [0.1, 0.15) is 10.4 Å². The van der Waals surface area contributed by atoms with Gasteiger partial charge in [-0.3, -0.25) is 4.98 Å². The molecule has 0 bridgehead atoms. The summed E-state index contributed by atoms with van der Waals surface area (Å²) in [5.74, 6) is -0.936. The fraction of sp³-hybridized carbons (Fsp3) is 0. The highest BCUT2D eigenvalue weighted by molar-refractivity contribution is 6.01. The third kappa shape index (κ3) is 1.52. The van der Waals surface area contributed by atoms with Crippen molar-refractivity contribution >= 4 is 16.7 Å². The molecule has 0 atom stereocenters. The van der Waals surface area contributed by atoms with Gasteiger partial charge in [0.05, 0.1) is 11.3 Å². The Bertz CT molecular complexity index is 691. The van der Waals surface area contributed by atoms with Crippen LogP contribution in [0.2, 0.25) is 0 Å². The highest BCUT2D eigenvalue weighted by atomic mass is 16.4. The molecule has 3 nitrogen and oxygen atoms in total. The van der Waals surface area contributed by atoms with Crippen molar-refractivity contribution in [1.82, 2.24) is 4.98 Å². The molecule has 1 heterocycles. The topological polar surface area (TPSA) is 50.2 Å². The minimum atomic E-state index is -0.936. The quantitative estimate of drug-likeness (QED) is 0.689. The first kappa shape index (κ1) is 9.78. The van der Waals surface area contributed by atoms with Crippen LogP contribution in [-0.2, 0) is 0 Å². The van der Waals surface area contributed by atoms with Gasteiger partial charge in [-0.25, -0.2) is 4.79 Å². The molecule has 3 rings (SSSR count). The van der Waals surface area contributed by atoms with Gasteiger partial charge in [-0.15, -0.1) is 0 Å². The second-order valence-corrected chi connectivity index (χ2v) is 3.89. The molecule has 1 aliphatic carbocycles. The van der Waals surface area contributed by atoms with E-state index < -0.39 is 5.97 Å². The predicted molar refractivity (Wildman–Crippen MR) is 65.3 cm³/mol. The van der Waals surface area contributed by atoms with Gasteiger partial charge in [-0.1, -0.05) is 24.3 Å². The zero-order valence-electron chi connectivity index (χ0n) is 8.92. The molecule has 0 aromatic heterocycles. The van der Waals surface area contributed by atoms with Crippen molar-refractivity contribution in [2.75, 3.05) is 0 Å². The maximum absolute atomic E-state index is 11.0. The lowest BCUT2D eigenvalue weighted by molar-refractivity contribution is 0.0697. The van der Waals surface area contributed by atoms with Crippen LogP contribution in [0, 0.1) is 0 Å². The number of carbonyl (C=O) groups is 1. The molecule has 0 saturated heterocycles. The van der Waals surface area contributed by atoms with Crippen molar-refractivity contribution in [3.63, 3.8) is 0 Å². The molecule has 1 aliphatic heterocycles. The highest BCUT2D eigenvalue weighted by Gasteiger charge is 2.11. The number of fused-ring (bicyclic) bond motifs is 3. The van der Waals surface area contributed by atoms with Crippen LogP contribution in [-0.4, -0.2) is 16.1 Å². The summed E-state index contributed by atoms with van der Waals surface area (Å²) in [7, 11) is 0. The molecular formula is C14H9NO2. The lowest BCUT2D eigenvalue weighted by Crippen LogP contribution is -1.93. The molecule has 0 radical (unpaired) electrons. The molecule has 82 valence electrons. The van der Waals surface area contributed by atoms with E-state index in [0.717, 1.165) is 22.0 Å². The molecule has 2 aliphatic rings. The first-order valence-electron chi connectivity index (χ1n) is 5.26. The molecule has 1 aromatic carbocycles. The summed E-state index contributed by atoms with van der Waals surface area (Å²) in [5, 5.41) is 11.1. The fourth-order valence-electron chi connectivity index (χ4n) is 2.02. The van der Waals surface area contributed by atoms with Crippen LogP contribution < -0.4 is 0 Å². The number of carboxylic acids is 1. The van der Waals surface area contributed by atoms with Gasteiger partial charge >= 0.3 is 5.97 Å². The fourth-order valence-corrected chi connectivity index (χ4v) is 2.02. The van der Waals surface area contributed by atoms with Gasteiger partial charge in [0.15, 0.2) is 0 Å². The summed E-state index contributed by atoms with van der Waals surface area (Å²) >= 11 is 0. The normalized spacial score (nSPS) is 10.8. The Morgan fingerprint density at radius 1 is 1.12 bits per heavy atom. The Morgan fingerprint density at radius 3 is 2.76 bits per heavy atom. The van der Waals surface area contributed by atoms with Gasteiger partial charge in [0, 0.05) is 17.1 Å². The van der Waals surface area contributed by atoms with Gasteiger partial charge in [0.2, 0.25) is 0 Å². The lowest BCUT2D eigenvalue weighted by Gasteiger charge is -1.91. The molecule has 0 spiro atoms. The van der Waals surface area contributed by atoms with Crippen molar-refractivity contribution in [1.29, 1.82) is 0 Å². The molecule has 0 fully saturated rings. The van der Waals surface area contributed by atoms with Crippen LogP contribution >= 0.6 is 0 Å². The summed E-state index contributed by atoms with van der Waals surface area (Å²) in [6, 6.07) is 13.0. The lowest BCUT2D eigenvalue weighted by atomic mass is 10.2. The van der Waals surface area contributed by atoms with Crippen LogP contribution in [0.5, 0.6) is 0 Å². The maximum atomic E-state index is 11.0. The number of carboxylic acid groups (broad SMARTS) is 1. The van der Waals surface area contributed by atoms with Crippen molar-refractivity contribution in [2.24, 2.45) is 0 Å². The standard InChI is InChI=1S/C14H9NO2/c16-14(17)10-5-6-15-13-11(8-10)7-9-3-1-2-4-12(9)13/h1-8H,(H,16,17). The largest absolute Gasteiger partial charge is 0.478 e. The smallest absolute Gasteiger partial charge is 0.335 e. The zero-order valence-corrected chi connectivity index (χ0v) is 8.92. The van der Waals surface area contributed by atoms with E-state index in [1.54, 1.807) is 6.07 Å². The molecule has 1 N–H and O–H groups in total. The summed E-state index contributed by atoms with van der Waals surface area (Å²) in [6.07, 6.45) is 1.54. The summed E-state index contributed by atoms with van der Waals surface area (Å²) in [4.78, 5) is 15.3. The Morgan fingerprint density at radius 2 is 1.94 bits per heavy atom. The van der Waals surface area contributed by atoms with Crippen LogP contribution in [0.3, 0.4) is 0 Å². The Kier molecular flexibility index (Phi) is 2.05. The highest BCUT2D eigenvalue weighted by Crippen LogP contribution is 2.31. The molecule has 0 amide bonds. The number of aromatic carboxylic acids is 1. The number of aromatic nitrogens is 1. The minimum absolute atomic E-state index is 0.253. The maximum Gasteiger partial charge on any atom is 0.335 e. The average molecular weight is 223 g/mol. The molecular weight excluding hydrogens is 214 g/mol. The van der Waals surface area contributed by atoms with E-state index >= 15 is 0 Å². The first-order valence-corrected chi connectivity index (χ1v) is 5.26. The number of benzene rings is 1. The summed E-state index contributed by atoms with van der Waals surface area (Å²) < 4.78 is 0. The van der Waals surface area contributed by atoms with Crippen molar-refractivity contribution in [2.45, 2.75) is 0 Å². The van der Waals surface area contributed by atoms with E-state index in [1.165, 1.54) is 12.3 Å². The molecule has 17 heavy (non-hydrogen) atoms. The number of rotatable bonds is 1. The van der Waals surface area contributed by atoms with E-state index in [-0.39, 0.29) is 5.56 Å².